The highest BCUT2D eigenvalue weighted by Crippen LogP contribution is 2.59. The van der Waals surface area contributed by atoms with Gasteiger partial charge in [-0.25, -0.2) is 4.39 Å². The van der Waals surface area contributed by atoms with Crippen LogP contribution in [0.2, 0.25) is 0 Å². The van der Waals surface area contributed by atoms with Crippen molar-refractivity contribution >= 4 is 0 Å². The van der Waals surface area contributed by atoms with Crippen molar-refractivity contribution in [2.75, 3.05) is 0 Å². The van der Waals surface area contributed by atoms with E-state index in [1.54, 1.807) is 0 Å². The third-order valence-corrected chi connectivity index (χ3v) is 2.71. The van der Waals surface area contributed by atoms with Gasteiger partial charge in [0.25, 0.3) is 0 Å². The van der Waals surface area contributed by atoms with Gasteiger partial charge in [0.05, 0.1) is 0 Å². The van der Waals surface area contributed by atoms with Gasteiger partial charge in [0.15, 0.2) is 0 Å². The standard InChI is InChI=1S/C7H11F/c1-7-2-5(3-7)6(8)4-7/h5-6H,2-4H2,1H3/t5?,6-,7?/m0/s1. The molecule has 46 valence electrons. The lowest BCUT2D eigenvalue weighted by Gasteiger charge is -2.33. The first-order valence-electron chi connectivity index (χ1n) is 3.34. The highest BCUT2D eigenvalue weighted by Gasteiger charge is 2.53. The van der Waals surface area contributed by atoms with Crippen molar-refractivity contribution < 1.29 is 4.39 Å². The molecule has 3 fully saturated rings. The molecule has 3 aliphatic carbocycles. The summed E-state index contributed by atoms with van der Waals surface area (Å²) >= 11 is 0. The average Bonchev–Trinajstić information content (AvgIpc) is 1.88. The summed E-state index contributed by atoms with van der Waals surface area (Å²) in [7, 11) is 0. The number of hydrogen-bond acceptors (Lipinski definition) is 0. The number of alkyl halides is 1. The molecule has 0 radical (unpaired) electrons. The van der Waals surface area contributed by atoms with Gasteiger partial charge in [0, 0.05) is 0 Å². The molecule has 0 aromatic heterocycles. The smallest absolute Gasteiger partial charge is 0.103 e. The Bertz CT molecular complexity index is 114. The minimum Gasteiger partial charge on any atom is -0.247 e. The van der Waals surface area contributed by atoms with E-state index in [4.69, 9.17) is 0 Å². The topological polar surface area (TPSA) is 0 Å². The third kappa shape index (κ3) is 0.402. The van der Waals surface area contributed by atoms with Crippen LogP contribution in [0.15, 0.2) is 0 Å². The molecule has 3 aliphatic rings. The van der Waals surface area contributed by atoms with E-state index in [0.717, 1.165) is 19.3 Å². The zero-order valence-corrected chi connectivity index (χ0v) is 5.15. The van der Waals surface area contributed by atoms with Crippen molar-refractivity contribution in [3.63, 3.8) is 0 Å². The summed E-state index contributed by atoms with van der Waals surface area (Å²) in [6.45, 7) is 2.20. The first-order chi connectivity index (χ1) is 3.70. The fourth-order valence-electron chi connectivity index (χ4n) is 2.27. The second kappa shape index (κ2) is 1.09. The quantitative estimate of drug-likeness (QED) is 0.452. The number of fused-ring (bicyclic) bond motifs is 1. The Morgan fingerprint density at radius 2 is 2.00 bits per heavy atom. The van der Waals surface area contributed by atoms with E-state index in [1.165, 1.54) is 0 Å². The van der Waals surface area contributed by atoms with Gasteiger partial charge in [0.1, 0.15) is 6.17 Å². The number of halogens is 1. The van der Waals surface area contributed by atoms with E-state index < -0.39 is 6.17 Å². The van der Waals surface area contributed by atoms with Crippen molar-refractivity contribution in [3.8, 4) is 0 Å². The van der Waals surface area contributed by atoms with Crippen LogP contribution in [0.3, 0.4) is 0 Å². The van der Waals surface area contributed by atoms with Crippen LogP contribution in [0, 0.1) is 11.3 Å². The molecule has 0 saturated heterocycles. The first-order valence-corrected chi connectivity index (χ1v) is 3.34. The minimum atomic E-state index is -0.444. The Morgan fingerprint density at radius 1 is 1.38 bits per heavy atom. The van der Waals surface area contributed by atoms with E-state index >= 15 is 0 Å². The fourth-order valence-corrected chi connectivity index (χ4v) is 2.27. The fraction of sp³-hybridized carbons (Fsp3) is 1.00. The Hall–Kier alpha value is -0.0700. The molecule has 0 heterocycles. The van der Waals surface area contributed by atoms with Gasteiger partial charge >= 0.3 is 0 Å². The highest BCUT2D eigenvalue weighted by atomic mass is 19.1. The van der Waals surface area contributed by atoms with Gasteiger partial charge in [-0.15, -0.1) is 0 Å². The molecule has 0 N–H and O–H groups in total. The molecule has 8 heavy (non-hydrogen) atoms. The van der Waals surface area contributed by atoms with Crippen molar-refractivity contribution in [2.24, 2.45) is 11.3 Å². The maximum atomic E-state index is 12.6. The first kappa shape index (κ1) is 4.78. The average molecular weight is 114 g/mol. The predicted octanol–water partition coefficient (Wildman–Crippen LogP) is 2.14. The molecule has 1 atom stereocenters. The minimum absolute atomic E-state index is 0.435. The lowest BCUT2D eigenvalue weighted by atomic mass is 9.71. The summed E-state index contributed by atoms with van der Waals surface area (Å²) < 4.78 is 12.6. The third-order valence-electron chi connectivity index (χ3n) is 2.71. The Kier molecular flexibility index (Phi) is 0.653. The second-order valence-corrected chi connectivity index (χ2v) is 3.70. The number of hydrogen-bond donors (Lipinski definition) is 0. The zero-order valence-electron chi connectivity index (χ0n) is 5.15. The monoisotopic (exact) mass is 114 g/mol. The van der Waals surface area contributed by atoms with Gasteiger partial charge in [-0.3, -0.25) is 0 Å². The van der Waals surface area contributed by atoms with E-state index in [1.807, 2.05) is 0 Å². The van der Waals surface area contributed by atoms with Gasteiger partial charge in [-0.1, -0.05) is 6.92 Å². The lowest BCUT2D eigenvalue weighted by Crippen LogP contribution is -2.24. The Balaban J connectivity index is 2.17. The molecule has 0 aromatic carbocycles. The molecular weight excluding hydrogens is 103 g/mol. The van der Waals surface area contributed by atoms with E-state index in [-0.39, 0.29) is 0 Å². The van der Waals surface area contributed by atoms with Crippen LogP contribution in [-0.4, -0.2) is 6.17 Å². The predicted molar refractivity (Wildman–Crippen MR) is 30.3 cm³/mol. The Morgan fingerprint density at radius 3 is 2.12 bits per heavy atom. The molecular formula is C7H11F. The van der Waals surface area contributed by atoms with Crippen LogP contribution >= 0.6 is 0 Å². The van der Waals surface area contributed by atoms with Crippen molar-refractivity contribution in [2.45, 2.75) is 32.4 Å². The molecule has 1 heteroatoms. The van der Waals surface area contributed by atoms with E-state index in [0.29, 0.717) is 11.3 Å². The van der Waals surface area contributed by atoms with Gasteiger partial charge in [-0.05, 0) is 30.6 Å². The molecule has 0 unspecified atom stereocenters. The largest absolute Gasteiger partial charge is 0.247 e. The normalized spacial score (nSPS) is 60.8. The summed E-state index contributed by atoms with van der Waals surface area (Å²) in [6.07, 6.45) is 2.72. The summed E-state index contributed by atoms with van der Waals surface area (Å²) in [4.78, 5) is 0. The zero-order chi connectivity index (χ0) is 5.78. The summed E-state index contributed by atoms with van der Waals surface area (Å²) in [5.74, 6) is 0.458. The van der Waals surface area contributed by atoms with E-state index in [2.05, 4.69) is 6.92 Å². The van der Waals surface area contributed by atoms with Gasteiger partial charge < -0.3 is 0 Å². The van der Waals surface area contributed by atoms with Crippen LogP contribution in [0.25, 0.3) is 0 Å². The number of rotatable bonds is 0. The Labute approximate surface area is 49.1 Å². The highest BCUT2D eigenvalue weighted by molar-refractivity contribution is 5.03. The van der Waals surface area contributed by atoms with Crippen LogP contribution in [0.5, 0.6) is 0 Å². The van der Waals surface area contributed by atoms with Crippen LogP contribution in [-0.2, 0) is 0 Å². The van der Waals surface area contributed by atoms with Crippen LogP contribution < -0.4 is 0 Å². The molecule has 0 nitrogen and oxygen atoms in total. The summed E-state index contributed by atoms with van der Waals surface area (Å²) in [5.41, 5.74) is 0.435. The maximum Gasteiger partial charge on any atom is 0.103 e. The molecule has 3 saturated carbocycles. The van der Waals surface area contributed by atoms with Crippen molar-refractivity contribution in [1.29, 1.82) is 0 Å². The van der Waals surface area contributed by atoms with Crippen molar-refractivity contribution in [3.05, 3.63) is 0 Å². The molecule has 3 rings (SSSR count). The van der Waals surface area contributed by atoms with Crippen LogP contribution in [0.1, 0.15) is 26.2 Å². The van der Waals surface area contributed by atoms with Gasteiger partial charge in [0.2, 0.25) is 0 Å². The lowest BCUT2D eigenvalue weighted by molar-refractivity contribution is 0.154. The molecule has 0 aliphatic heterocycles. The molecule has 0 aromatic rings. The summed E-state index contributed by atoms with van der Waals surface area (Å²) in [5, 5.41) is 0. The van der Waals surface area contributed by atoms with Gasteiger partial charge in [-0.2, -0.15) is 0 Å². The van der Waals surface area contributed by atoms with Crippen LogP contribution in [0.4, 0.5) is 4.39 Å². The maximum absolute atomic E-state index is 12.6. The van der Waals surface area contributed by atoms with Crippen molar-refractivity contribution in [1.82, 2.24) is 0 Å². The molecule has 0 spiro atoms. The summed E-state index contributed by atoms with van der Waals surface area (Å²) in [6, 6.07) is 0. The molecule has 0 amide bonds. The second-order valence-electron chi connectivity index (χ2n) is 3.70. The molecule has 2 bridgehead atoms. The van der Waals surface area contributed by atoms with E-state index in [9.17, 15) is 4.39 Å². The SMILES string of the molecule is CC12CC(C1)[C@@H](F)C2.